The molecule has 0 spiro atoms. The molecule has 0 radical (unpaired) electrons. The number of fused-ring (bicyclic) bond motifs is 1. The monoisotopic (exact) mass is 364 g/mol. The van der Waals surface area contributed by atoms with Gasteiger partial charge in [0.1, 0.15) is 5.75 Å². The van der Waals surface area contributed by atoms with Crippen LogP contribution in [0.15, 0.2) is 60.1 Å². The van der Waals surface area contributed by atoms with Crippen molar-refractivity contribution >= 4 is 28.1 Å². The van der Waals surface area contributed by atoms with Crippen LogP contribution in [0.2, 0.25) is 0 Å². The smallest absolute Gasteiger partial charge is 0.239 e. The van der Waals surface area contributed by atoms with Crippen LogP contribution >= 0.6 is 11.3 Å². The molecule has 0 bridgehead atoms. The fraction of sp³-hybridized carbons (Fsp3) is 0.238. The van der Waals surface area contributed by atoms with Crippen LogP contribution in [0.4, 0.5) is 10.8 Å². The van der Waals surface area contributed by atoms with E-state index in [1.165, 1.54) is 22.5 Å². The van der Waals surface area contributed by atoms with Gasteiger partial charge in [-0.25, -0.2) is 4.98 Å². The molecule has 0 N–H and O–H groups in total. The molecule has 0 saturated heterocycles. The van der Waals surface area contributed by atoms with Crippen molar-refractivity contribution in [2.75, 3.05) is 12.0 Å². The van der Waals surface area contributed by atoms with Crippen molar-refractivity contribution in [3.05, 3.63) is 71.2 Å². The molecule has 1 amide bonds. The Bertz CT molecular complexity index is 912. The fourth-order valence-corrected chi connectivity index (χ4v) is 4.28. The highest BCUT2D eigenvalue weighted by atomic mass is 32.1. The number of ether oxygens (including phenoxy) is 1. The van der Waals surface area contributed by atoms with Crippen molar-refractivity contribution in [3.8, 4) is 5.75 Å². The molecule has 1 aliphatic carbocycles. The Balaban J connectivity index is 1.74. The standard InChI is InChI=1S/C21H20N2O2S/c1-21(13-15-6-3-4-7-16(15)14-21)19(24)23(20-22-10-11-26-20)17-8-5-9-18(12-17)25-2/h3-12H,13-14H2,1-2H3. The summed E-state index contributed by atoms with van der Waals surface area (Å²) >= 11 is 1.46. The Morgan fingerprint density at radius 1 is 1.15 bits per heavy atom. The van der Waals surface area contributed by atoms with Crippen LogP contribution < -0.4 is 9.64 Å². The number of amides is 1. The number of thiazole rings is 1. The molecule has 26 heavy (non-hydrogen) atoms. The number of rotatable bonds is 4. The molecule has 2 aromatic carbocycles. The number of aromatic nitrogens is 1. The lowest BCUT2D eigenvalue weighted by Crippen LogP contribution is -2.40. The topological polar surface area (TPSA) is 42.4 Å². The van der Waals surface area contributed by atoms with Crippen LogP contribution in [-0.2, 0) is 17.6 Å². The number of nitrogens with zero attached hydrogens (tertiary/aromatic N) is 2. The summed E-state index contributed by atoms with van der Waals surface area (Å²) in [6.45, 7) is 2.05. The quantitative estimate of drug-likeness (QED) is 0.678. The van der Waals surface area contributed by atoms with E-state index in [2.05, 4.69) is 24.0 Å². The van der Waals surface area contributed by atoms with Gasteiger partial charge in [0.05, 0.1) is 18.2 Å². The molecule has 0 aliphatic heterocycles. The maximum Gasteiger partial charge on any atom is 0.239 e. The molecule has 1 aliphatic rings. The Morgan fingerprint density at radius 2 is 1.88 bits per heavy atom. The minimum Gasteiger partial charge on any atom is -0.497 e. The van der Waals surface area contributed by atoms with Gasteiger partial charge >= 0.3 is 0 Å². The van der Waals surface area contributed by atoms with Gasteiger partial charge in [0.15, 0.2) is 5.13 Å². The Morgan fingerprint density at radius 3 is 2.50 bits per heavy atom. The molecule has 0 saturated carbocycles. The minimum atomic E-state index is -0.488. The molecule has 0 unspecified atom stereocenters. The van der Waals surface area contributed by atoms with E-state index < -0.39 is 5.41 Å². The average molecular weight is 364 g/mol. The first-order chi connectivity index (χ1) is 12.6. The summed E-state index contributed by atoms with van der Waals surface area (Å²) in [7, 11) is 1.63. The highest BCUT2D eigenvalue weighted by Gasteiger charge is 2.43. The maximum atomic E-state index is 13.7. The molecular weight excluding hydrogens is 344 g/mol. The summed E-state index contributed by atoms with van der Waals surface area (Å²) < 4.78 is 5.35. The first kappa shape index (κ1) is 16.8. The van der Waals surface area contributed by atoms with Crippen LogP contribution in [-0.4, -0.2) is 18.0 Å². The van der Waals surface area contributed by atoms with Gasteiger partial charge in [0.2, 0.25) is 5.91 Å². The maximum absolute atomic E-state index is 13.7. The Labute approximate surface area is 157 Å². The van der Waals surface area contributed by atoms with E-state index in [0.29, 0.717) is 5.13 Å². The van der Waals surface area contributed by atoms with E-state index in [1.54, 1.807) is 18.2 Å². The number of methoxy groups -OCH3 is 1. The molecule has 1 heterocycles. The summed E-state index contributed by atoms with van der Waals surface area (Å²) in [4.78, 5) is 19.8. The van der Waals surface area contributed by atoms with Crippen LogP contribution in [0, 0.1) is 5.41 Å². The van der Waals surface area contributed by atoms with Gasteiger partial charge in [-0.15, -0.1) is 11.3 Å². The van der Waals surface area contributed by atoms with Crippen molar-refractivity contribution in [2.45, 2.75) is 19.8 Å². The lowest BCUT2D eigenvalue weighted by atomic mass is 9.85. The summed E-state index contributed by atoms with van der Waals surface area (Å²) in [5, 5.41) is 2.57. The Hall–Kier alpha value is -2.66. The zero-order valence-corrected chi connectivity index (χ0v) is 15.6. The third-order valence-corrected chi connectivity index (χ3v) is 5.68. The summed E-state index contributed by atoms with van der Waals surface area (Å²) in [5.74, 6) is 0.786. The third-order valence-electron chi connectivity index (χ3n) is 4.92. The van der Waals surface area contributed by atoms with Crippen LogP contribution in [0.3, 0.4) is 0 Å². The van der Waals surface area contributed by atoms with E-state index in [0.717, 1.165) is 24.3 Å². The molecule has 5 heteroatoms. The van der Waals surface area contributed by atoms with Crippen molar-refractivity contribution in [1.82, 2.24) is 4.98 Å². The highest BCUT2D eigenvalue weighted by molar-refractivity contribution is 7.13. The highest BCUT2D eigenvalue weighted by Crippen LogP contribution is 2.41. The third kappa shape index (κ3) is 2.88. The number of hydrogen-bond donors (Lipinski definition) is 0. The number of benzene rings is 2. The molecule has 4 rings (SSSR count). The summed E-state index contributed by atoms with van der Waals surface area (Å²) in [6, 6.07) is 15.9. The van der Waals surface area contributed by atoms with Gasteiger partial charge in [0, 0.05) is 17.6 Å². The van der Waals surface area contributed by atoms with Gasteiger partial charge < -0.3 is 4.74 Å². The van der Waals surface area contributed by atoms with Gasteiger partial charge in [-0.1, -0.05) is 37.3 Å². The normalized spacial score (nSPS) is 14.7. The second-order valence-electron chi connectivity index (χ2n) is 6.84. The first-order valence-electron chi connectivity index (χ1n) is 8.56. The fourth-order valence-electron chi connectivity index (χ4n) is 3.62. The van der Waals surface area contributed by atoms with Gasteiger partial charge in [-0.05, 0) is 36.1 Å². The number of hydrogen-bond acceptors (Lipinski definition) is 4. The van der Waals surface area contributed by atoms with Crippen molar-refractivity contribution < 1.29 is 9.53 Å². The van der Waals surface area contributed by atoms with E-state index in [-0.39, 0.29) is 5.91 Å². The average Bonchev–Trinajstić information content (AvgIpc) is 3.29. The Kier molecular flexibility index (Phi) is 4.24. The van der Waals surface area contributed by atoms with Crippen LogP contribution in [0.5, 0.6) is 5.75 Å². The molecule has 0 atom stereocenters. The molecule has 4 nitrogen and oxygen atoms in total. The van der Waals surface area contributed by atoms with Crippen molar-refractivity contribution in [2.24, 2.45) is 5.41 Å². The van der Waals surface area contributed by atoms with Crippen LogP contribution in [0.25, 0.3) is 0 Å². The predicted octanol–water partition coefficient (Wildman–Crippen LogP) is 4.62. The second-order valence-corrected chi connectivity index (χ2v) is 7.71. The summed E-state index contributed by atoms with van der Waals surface area (Å²) in [6.07, 6.45) is 3.22. The second kappa shape index (κ2) is 6.57. The van der Waals surface area contributed by atoms with Gasteiger partial charge in [-0.3, -0.25) is 9.69 Å². The number of carbonyl (C=O) groups is 1. The molecule has 3 aromatic rings. The van der Waals surface area contributed by atoms with E-state index in [4.69, 9.17) is 4.74 Å². The van der Waals surface area contributed by atoms with E-state index in [9.17, 15) is 4.79 Å². The lowest BCUT2D eigenvalue weighted by molar-refractivity contribution is -0.126. The summed E-state index contributed by atoms with van der Waals surface area (Å²) in [5.41, 5.74) is 2.81. The van der Waals surface area contributed by atoms with Crippen LogP contribution in [0.1, 0.15) is 18.1 Å². The van der Waals surface area contributed by atoms with Gasteiger partial charge in [0.25, 0.3) is 0 Å². The zero-order valence-electron chi connectivity index (χ0n) is 14.8. The van der Waals surface area contributed by atoms with Crippen molar-refractivity contribution in [1.29, 1.82) is 0 Å². The predicted molar refractivity (Wildman–Crippen MR) is 104 cm³/mol. The van der Waals surface area contributed by atoms with Gasteiger partial charge in [-0.2, -0.15) is 0 Å². The SMILES string of the molecule is COc1cccc(N(C(=O)C2(C)Cc3ccccc3C2)c2nccs2)c1. The number of anilines is 2. The zero-order chi connectivity index (χ0) is 18.1. The van der Waals surface area contributed by atoms with E-state index >= 15 is 0 Å². The van der Waals surface area contributed by atoms with E-state index in [1.807, 2.05) is 41.8 Å². The first-order valence-corrected chi connectivity index (χ1v) is 9.43. The number of carbonyl (C=O) groups excluding carboxylic acids is 1. The van der Waals surface area contributed by atoms with Crippen molar-refractivity contribution in [3.63, 3.8) is 0 Å². The lowest BCUT2D eigenvalue weighted by Gasteiger charge is -2.30. The largest absolute Gasteiger partial charge is 0.497 e. The molecule has 1 aromatic heterocycles. The minimum absolute atomic E-state index is 0.0666. The molecule has 132 valence electrons. The molecule has 0 fully saturated rings. The molecular formula is C21H20N2O2S.